The summed E-state index contributed by atoms with van der Waals surface area (Å²) >= 11 is 0. The first kappa shape index (κ1) is 15.3. The molecule has 1 N–H and O–H groups in total. The third-order valence-corrected chi connectivity index (χ3v) is 4.22. The van der Waals surface area contributed by atoms with Crippen LogP contribution in [0.5, 0.6) is 0 Å². The molecular formula is C15H27N3O2. The van der Waals surface area contributed by atoms with Gasteiger partial charge in [-0.2, -0.15) is 0 Å². The zero-order valence-corrected chi connectivity index (χ0v) is 12.4. The number of nitrogens with zero attached hydrogens (tertiary/aromatic N) is 2. The molecule has 0 aromatic heterocycles. The van der Waals surface area contributed by atoms with Gasteiger partial charge in [-0.05, 0) is 32.1 Å². The van der Waals surface area contributed by atoms with E-state index in [1.165, 1.54) is 19.3 Å². The first-order valence-corrected chi connectivity index (χ1v) is 8.03. The Morgan fingerprint density at radius 3 is 1.40 bits per heavy atom. The lowest BCUT2D eigenvalue weighted by Gasteiger charge is -2.27. The van der Waals surface area contributed by atoms with Crippen molar-refractivity contribution in [2.75, 3.05) is 39.3 Å². The summed E-state index contributed by atoms with van der Waals surface area (Å²) in [7, 11) is 0. The predicted molar refractivity (Wildman–Crippen MR) is 78.3 cm³/mol. The summed E-state index contributed by atoms with van der Waals surface area (Å²) in [6.45, 7) is 4.08. The van der Waals surface area contributed by atoms with Gasteiger partial charge in [0.25, 0.3) is 0 Å². The minimum atomic E-state index is 0.133. The van der Waals surface area contributed by atoms with Gasteiger partial charge >= 0.3 is 0 Å². The maximum atomic E-state index is 12.0. The number of nitrogens with one attached hydrogen (secondary N) is 1. The Labute approximate surface area is 121 Å². The summed E-state index contributed by atoms with van der Waals surface area (Å²) in [5, 5.41) is 3.02. The van der Waals surface area contributed by atoms with Gasteiger partial charge < -0.3 is 9.80 Å². The molecule has 5 nitrogen and oxygen atoms in total. The van der Waals surface area contributed by atoms with Gasteiger partial charge in [-0.1, -0.05) is 12.8 Å². The summed E-state index contributed by atoms with van der Waals surface area (Å²) < 4.78 is 0. The Kier molecular flexibility index (Phi) is 6.30. The molecule has 0 aromatic carbocycles. The third-order valence-electron chi connectivity index (χ3n) is 4.22. The van der Waals surface area contributed by atoms with Crippen LogP contribution in [0.4, 0.5) is 0 Å². The lowest BCUT2D eigenvalue weighted by molar-refractivity contribution is -0.132. The van der Waals surface area contributed by atoms with Crippen molar-refractivity contribution in [2.24, 2.45) is 0 Å². The first-order valence-electron chi connectivity index (χ1n) is 8.03. The molecule has 0 aromatic rings. The average Bonchev–Trinajstić information content (AvgIpc) is 2.77. The highest BCUT2D eigenvalue weighted by Crippen LogP contribution is 2.10. The number of rotatable bonds is 4. The van der Waals surface area contributed by atoms with Crippen LogP contribution in [0.1, 0.15) is 44.9 Å². The van der Waals surface area contributed by atoms with E-state index in [-0.39, 0.29) is 11.8 Å². The Bertz CT molecular complexity index is 319. The molecule has 0 radical (unpaired) electrons. The summed E-state index contributed by atoms with van der Waals surface area (Å²) in [4.78, 5) is 27.8. The van der Waals surface area contributed by atoms with Gasteiger partial charge in [0.15, 0.2) is 0 Å². The molecule has 0 atom stereocenters. The van der Waals surface area contributed by atoms with Gasteiger partial charge in [0.2, 0.25) is 11.8 Å². The van der Waals surface area contributed by atoms with Crippen LogP contribution < -0.4 is 5.32 Å². The molecule has 2 aliphatic heterocycles. The lowest BCUT2D eigenvalue weighted by atomic mass is 10.1. The van der Waals surface area contributed by atoms with Gasteiger partial charge in [0.1, 0.15) is 0 Å². The molecule has 2 rings (SSSR count). The highest BCUT2D eigenvalue weighted by atomic mass is 16.2. The van der Waals surface area contributed by atoms with Crippen LogP contribution in [0.2, 0.25) is 0 Å². The van der Waals surface area contributed by atoms with E-state index in [0.29, 0.717) is 13.1 Å². The molecular weight excluding hydrogens is 254 g/mol. The van der Waals surface area contributed by atoms with E-state index in [1.807, 2.05) is 9.80 Å². The number of piperidine rings is 1. The molecule has 0 saturated carbocycles. The molecule has 2 saturated heterocycles. The lowest BCUT2D eigenvalue weighted by Crippen LogP contribution is -2.44. The van der Waals surface area contributed by atoms with Crippen molar-refractivity contribution < 1.29 is 9.59 Å². The monoisotopic (exact) mass is 281 g/mol. The topological polar surface area (TPSA) is 52.7 Å². The molecule has 114 valence electrons. The molecule has 5 heteroatoms. The van der Waals surface area contributed by atoms with Crippen LogP contribution in [0.25, 0.3) is 0 Å². The fourth-order valence-corrected chi connectivity index (χ4v) is 2.96. The van der Waals surface area contributed by atoms with Gasteiger partial charge in [-0.25, -0.2) is 0 Å². The van der Waals surface area contributed by atoms with E-state index >= 15 is 0 Å². The van der Waals surface area contributed by atoms with Crippen LogP contribution in [-0.4, -0.2) is 60.9 Å². The van der Waals surface area contributed by atoms with Gasteiger partial charge in [-0.15, -0.1) is 0 Å². The SMILES string of the molecule is O=C(CNCC(=O)N1CCCCC1)N1CCCCCC1. The number of amides is 2. The maximum absolute atomic E-state index is 12.0. The minimum Gasteiger partial charge on any atom is -0.342 e. The summed E-state index contributed by atoms with van der Waals surface area (Å²) in [5.74, 6) is 0.270. The van der Waals surface area contributed by atoms with E-state index in [1.54, 1.807) is 0 Å². The smallest absolute Gasteiger partial charge is 0.236 e. The summed E-state index contributed by atoms with van der Waals surface area (Å²) in [5.41, 5.74) is 0. The second-order valence-corrected chi connectivity index (χ2v) is 5.84. The van der Waals surface area contributed by atoms with Gasteiger partial charge in [0, 0.05) is 26.2 Å². The molecule has 2 heterocycles. The van der Waals surface area contributed by atoms with E-state index in [4.69, 9.17) is 0 Å². The number of carbonyl (C=O) groups is 2. The van der Waals surface area contributed by atoms with Crippen LogP contribution in [0, 0.1) is 0 Å². The molecule has 2 fully saturated rings. The van der Waals surface area contributed by atoms with Gasteiger partial charge in [0.05, 0.1) is 13.1 Å². The summed E-state index contributed by atoms with van der Waals surface area (Å²) in [6.07, 6.45) is 8.12. The molecule has 20 heavy (non-hydrogen) atoms. The quantitative estimate of drug-likeness (QED) is 0.836. The average molecular weight is 281 g/mol. The Morgan fingerprint density at radius 1 is 0.650 bits per heavy atom. The molecule has 0 unspecified atom stereocenters. The van der Waals surface area contributed by atoms with E-state index in [9.17, 15) is 9.59 Å². The number of hydrogen-bond donors (Lipinski definition) is 1. The van der Waals surface area contributed by atoms with E-state index in [0.717, 1.165) is 51.9 Å². The van der Waals surface area contributed by atoms with Crippen LogP contribution >= 0.6 is 0 Å². The largest absolute Gasteiger partial charge is 0.342 e. The third kappa shape index (κ3) is 4.78. The van der Waals surface area contributed by atoms with Crippen molar-refractivity contribution in [2.45, 2.75) is 44.9 Å². The standard InChI is InChI=1S/C15H27N3O2/c19-14(17-8-4-1-2-5-9-17)12-16-13-15(20)18-10-6-3-7-11-18/h16H,1-13H2. The molecule has 2 amide bonds. The van der Waals surface area contributed by atoms with Gasteiger partial charge in [-0.3, -0.25) is 14.9 Å². The normalized spacial score (nSPS) is 20.6. The fourth-order valence-electron chi connectivity index (χ4n) is 2.96. The number of likely N-dealkylation sites (tertiary alicyclic amines) is 2. The molecule has 0 spiro atoms. The fraction of sp³-hybridized carbons (Fsp3) is 0.867. The van der Waals surface area contributed by atoms with Crippen molar-refractivity contribution in [1.82, 2.24) is 15.1 Å². The van der Waals surface area contributed by atoms with Crippen LogP contribution in [-0.2, 0) is 9.59 Å². The molecule has 2 aliphatic rings. The number of carbonyl (C=O) groups excluding carboxylic acids is 2. The van der Waals surface area contributed by atoms with Crippen molar-refractivity contribution in [3.05, 3.63) is 0 Å². The zero-order valence-electron chi connectivity index (χ0n) is 12.4. The zero-order chi connectivity index (χ0) is 14.2. The second kappa shape index (κ2) is 8.25. The Morgan fingerprint density at radius 2 is 1.00 bits per heavy atom. The second-order valence-electron chi connectivity index (χ2n) is 5.84. The highest BCUT2D eigenvalue weighted by molar-refractivity contribution is 5.81. The predicted octanol–water partition coefficient (Wildman–Crippen LogP) is 0.991. The maximum Gasteiger partial charge on any atom is 0.236 e. The van der Waals surface area contributed by atoms with Crippen molar-refractivity contribution in [1.29, 1.82) is 0 Å². The van der Waals surface area contributed by atoms with Crippen molar-refractivity contribution >= 4 is 11.8 Å². The molecule has 0 bridgehead atoms. The highest BCUT2D eigenvalue weighted by Gasteiger charge is 2.18. The van der Waals surface area contributed by atoms with Crippen LogP contribution in [0.15, 0.2) is 0 Å². The minimum absolute atomic E-state index is 0.133. The van der Waals surface area contributed by atoms with Crippen molar-refractivity contribution in [3.63, 3.8) is 0 Å². The summed E-state index contributed by atoms with van der Waals surface area (Å²) in [6, 6.07) is 0. The van der Waals surface area contributed by atoms with E-state index < -0.39 is 0 Å². The molecule has 0 aliphatic carbocycles. The number of hydrogen-bond acceptors (Lipinski definition) is 3. The first-order chi connectivity index (χ1) is 9.77. The Balaban J connectivity index is 1.64. The Hall–Kier alpha value is -1.10. The van der Waals surface area contributed by atoms with Crippen molar-refractivity contribution in [3.8, 4) is 0 Å². The van der Waals surface area contributed by atoms with Crippen LogP contribution in [0.3, 0.4) is 0 Å². The van der Waals surface area contributed by atoms with E-state index in [2.05, 4.69) is 5.32 Å².